The van der Waals surface area contributed by atoms with Crippen LogP contribution in [0.1, 0.15) is 26.7 Å². The van der Waals surface area contributed by atoms with Crippen molar-refractivity contribution >= 4 is 12.0 Å². The number of ether oxygens (including phenoxy) is 1. The van der Waals surface area contributed by atoms with Gasteiger partial charge in [-0.05, 0) is 44.5 Å². The van der Waals surface area contributed by atoms with Crippen molar-refractivity contribution in [1.82, 2.24) is 5.32 Å². The van der Waals surface area contributed by atoms with Crippen molar-refractivity contribution in [2.45, 2.75) is 32.7 Å². The lowest BCUT2D eigenvalue weighted by Gasteiger charge is -2.22. The molecule has 0 aliphatic carbocycles. The van der Waals surface area contributed by atoms with Crippen LogP contribution in [0, 0.1) is 0 Å². The first-order valence-electron chi connectivity index (χ1n) is 7.81. The van der Waals surface area contributed by atoms with Gasteiger partial charge >= 0.3 is 0 Å². The van der Waals surface area contributed by atoms with Gasteiger partial charge in [-0.1, -0.05) is 25.3 Å². The molecule has 1 aliphatic heterocycles. The quantitative estimate of drug-likeness (QED) is 0.323. The topological polar surface area (TPSA) is 50.7 Å². The lowest BCUT2D eigenvalue weighted by Crippen LogP contribution is -2.31. The summed E-state index contributed by atoms with van der Waals surface area (Å²) in [7, 11) is 0. The number of carbonyl (C=O) groups excluding carboxylic acids is 1. The van der Waals surface area contributed by atoms with Crippen molar-refractivity contribution in [3.8, 4) is 0 Å². The molecule has 0 aromatic heterocycles. The summed E-state index contributed by atoms with van der Waals surface area (Å²) >= 11 is 0. The highest BCUT2D eigenvalue weighted by Crippen LogP contribution is 2.14. The van der Waals surface area contributed by atoms with Gasteiger partial charge in [0.15, 0.2) is 6.29 Å². The smallest absolute Gasteiger partial charge is 0.150 e. The predicted molar refractivity (Wildman–Crippen MR) is 96.5 cm³/mol. The molecule has 1 rings (SSSR count). The number of nitrogens with one attached hydrogen (secondary N) is 1. The number of hydrogen-bond donors (Lipinski definition) is 1. The summed E-state index contributed by atoms with van der Waals surface area (Å²) in [4.78, 5) is 15.7. The SMILES string of the molecule is C=C/C(C=O)=C(/C=C\NC1CCOCC1)C(=N/C=C\C)\C(=C)C. The largest absolute Gasteiger partial charge is 0.388 e. The summed E-state index contributed by atoms with van der Waals surface area (Å²) in [5.41, 5.74) is 2.66. The fourth-order valence-corrected chi connectivity index (χ4v) is 2.22. The average Bonchev–Trinajstić information content (AvgIpc) is 2.56. The Labute approximate surface area is 139 Å². The van der Waals surface area contributed by atoms with Gasteiger partial charge in [0.1, 0.15) is 0 Å². The molecule has 4 nitrogen and oxygen atoms in total. The van der Waals surface area contributed by atoms with E-state index in [0.717, 1.165) is 37.9 Å². The molecule has 1 fully saturated rings. The summed E-state index contributed by atoms with van der Waals surface area (Å²) in [6.45, 7) is 13.0. The maximum absolute atomic E-state index is 11.3. The monoisotopic (exact) mass is 314 g/mol. The van der Waals surface area contributed by atoms with E-state index in [-0.39, 0.29) is 0 Å². The molecule has 0 bridgehead atoms. The first-order chi connectivity index (χ1) is 11.1. The molecule has 124 valence electrons. The van der Waals surface area contributed by atoms with Crippen LogP contribution in [-0.2, 0) is 9.53 Å². The zero-order chi connectivity index (χ0) is 17.1. The Morgan fingerprint density at radius 3 is 2.57 bits per heavy atom. The van der Waals surface area contributed by atoms with Gasteiger partial charge in [-0.3, -0.25) is 9.79 Å². The highest BCUT2D eigenvalue weighted by Gasteiger charge is 2.12. The number of nitrogens with zero attached hydrogens (tertiary/aromatic N) is 1. The minimum atomic E-state index is 0.394. The Morgan fingerprint density at radius 2 is 2.04 bits per heavy atom. The minimum absolute atomic E-state index is 0.394. The van der Waals surface area contributed by atoms with E-state index in [2.05, 4.69) is 23.5 Å². The molecular formula is C19H26N2O2. The second-order valence-electron chi connectivity index (χ2n) is 5.32. The van der Waals surface area contributed by atoms with E-state index in [9.17, 15) is 4.79 Å². The fourth-order valence-electron chi connectivity index (χ4n) is 2.22. The fraction of sp³-hybridized carbons (Fsp3) is 0.368. The van der Waals surface area contributed by atoms with E-state index in [1.54, 1.807) is 6.20 Å². The van der Waals surface area contributed by atoms with E-state index in [0.29, 0.717) is 22.9 Å². The molecule has 1 aliphatic rings. The highest BCUT2D eigenvalue weighted by atomic mass is 16.5. The molecule has 0 aromatic rings. The van der Waals surface area contributed by atoms with Gasteiger partial charge in [-0.2, -0.15) is 0 Å². The first-order valence-corrected chi connectivity index (χ1v) is 7.81. The molecule has 23 heavy (non-hydrogen) atoms. The van der Waals surface area contributed by atoms with E-state index in [4.69, 9.17) is 4.74 Å². The van der Waals surface area contributed by atoms with Crippen molar-refractivity contribution in [3.63, 3.8) is 0 Å². The summed E-state index contributed by atoms with van der Waals surface area (Å²) in [6.07, 6.45) is 11.5. The third-order valence-electron chi connectivity index (χ3n) is 3.47. The minimum Gasteiger partial charge on any atom is -0.388 e. The van der Waals surface area contributed by atoms with E-state index in [1.165, 1.54) is 6.08 Å². The van der Waals surface area contributed by atoms with Crippen LogP contribution in [0.15, 0.2) is 65.5 Å². The molecule has 4 heteroatoms. The maximum atomic E-state index is 11.3. The van der Waals surface area contributed by atoms with Gasteiger partial charge in [-0.15, -0.1) is 0 Å². The lowest BCUT2D eigenvalue weighted by molar-refractivity contribution is -0.104. The Hall–Kier alpha value is -2.20. The van der Waals surface area contributed by atoms with Crippen molar-refractivity contribution in [2.24, 2.45) is 4.99 Å². The van der Waals surface area contributed by atoms with Gasteiger partial charge in [0, 0.05) is 36.6 Å². The van der Waals surface area contributed by atoms with Gasteiger partial charge in [0.05, 0.1) is 5.71 Å². The van der Waals surface area contributed by atoms with Crippen molar-refractivity contribution < 1.29 is 9.53 Å². The molecule has 0 spiro atoms. The van der Waals surface area contributed by atoms with Gasteiger partial charge in [-0.25, -0.2) is 0 Å². The Bertz CT molecular complexity index is 538. The Balaban J connectivity index is 3.05. The highest BCUT2D eigenvalue weighted by molar-refractivity contribution is 6.16. The molecule has 0 radical (unpaired) electrons. The molecule has 1 heterocycles. The Morgan fingerprint density at radius 1 is 1.35 bits per heavy atom. The van der Waals surface area contributed by atoms with Crippen LogP contribution < -0.4 is 5.32 Å². The van der Waals surface area contributed by atoms with Crippen LogP contribution in [0.4, 0.5) is 0 Å². The molecule has 0 amide bonds. The second-order valence-corrected chi connectivity index (χ2v) is 5.32. The number of allylic oxidation sites excluding steroid dienone is 6. The number of rotatable bonds is 8. The van der Waals surface area contributed by atoms with Crippen molar-refractivity contribution in [2.75, 3.05) is 13.2 Å². The molecule has 0 unspecified atom stereocenters. The average molecular weight is 314 g/mol. The lowest BCUT2D eigenvalue weighted by atomic mass is 9.99. The number of hydrogen-bond acceptors (Lipinski definition) is 4. The standard InChI is InChI=1S/C19H26N2O2/c1-5-10-21-19(15(3)4)18(16(6-2)14-22)7-11-20-17-8-12-23-13-9-17/h5-7,10-11,14,17,20H,2-3,8-9,12-13H2,1,4H3/b10-5-,11-7-,18-16+,21-19-. The predicted octanol–water partition coefficient (Wildman–Crippen LogP) is 3.50. The summed E-state index contributed by atoms with van der Waals surface area (Å²) in [6, 6.07) is 0.394. The van der Waals surface area contributed by atoms with Crippen LogP contribution in [0.3, 0.4) is 0 Å². The van der Waals surface area contributed by atoms with Crippen molar-refractivity contribution in [3.05, 3.63) is 60.5 Å². The number of carbonyl (C=O) groups is 1. The second kappa shape index (κ2) is 10.5. The third kappa shape index (κ3) is 6.20. The number of aldehydes is 1. The summed E-state index contributed by atoms with van der Waals surface area (Å²) in [5.74, 6) is 0. The normalized spacial score (nSPS) is 18.1. The van der Waals surface area contributed by atoms with Crippen molar-refractivity contribution in [1.29, 1.82) is 0 Å². The third-order valence-corrected chi connectivity index (χ3v) is 3.47. The van der Waals surface area contributed by atoms with Crippen LogP contribution in [0.5, 0.6) is 0 Å². The summed E-state index contributed by atoms with van der Waals surface area (Å²) in [5, 5.41) is 3.36. The zero-order valence-electron chi connectivity index (χ0n) is 14.0. The maximum Gasteiger partial charge on any atom is 0.150 e. The van der Waals surface area contributed by atoms with Crippen LogP contribution in [0.25, 0.3) is 0 Å². The molecule has 0 aromatic carbocycles. The van der Waals surface area contributed by atoms with E-state index < -0.39 is 0 Å². The van der Waals surface area contributed by atoms with Gasteiger partial charge in [0.25, 0.3) is 0 Å². The van der Waals surface area contributed by atoms with Crippen LogP contribution in [-0.4, -0.2) is 31.3 Å². The molecule has 0 saturated carbocycles. The van der Waals surface area contributed by atoms with Crippen LogP contribution >= 0.6 is 0 Å². The summed E-state index contributed by atoms with van der Waals surface area (Å²) < 4.78 is 5.34. The molecule has 0 atom stereocenters. The number of aliphatic imine (C=N–C) groups is 1. The zero-order valence-corrected chi connectivity index (χ0v) is 14.0. The Kier molecular flexibility index (Phi) is 8.62. The van der Waals surface area contributed by atoms with Gasteiger partial charge in [0.2, 0.25) is 0 Å². The first kappa shape index (κ1) is 18.8. The molecule has 1 N–H and O–H groups in total. The van der Waals surface area contributed by atoms with E-state index >= 15 is 0 Å². The van der Waals surface area contributed by atoms with Crippen LogP contribution in [0.2, 0.25) is 0 Å². The van der Waals surface area contributed by atoms with E-state index in [1.807, 2.05) is 32.2 Å². The van der Waals surface area contributed by atoms with Gasteiger partial charge < -0.3 is 10.1 Å². The molecule has 1 saturated heterocycles. The molecular weight excluding hydrogens is 288 g/mol.